The van der Waals surface area contributed by atoms with E-state index < -0.39 is 0 Å². The molecule has 1 aromatic heterocycles. The van der Waals surface area contributed by atoms with Gasteiger partial charge in [-0.3, -0.25) is 4.98 Å². The molecule has 2 rings (SSSR count). The summed E-state index contributed by atoms with van der Waals surface area (Å²) in [4.78, 5) is 4.17. The zero-order valence-corrected chi connectivity index (χ0v) is 9.22. The van der Waals surface area contributed by atoms with Gasteiger partial charge in [0.1, 0.15) is 5.69 Å². The molecular formula is C12H10ClN3. The van der Waals surface area contributed by atoms with Gasteiger partial charge in [0.25, 0.3) is 0 Å². The van der Waals surface area contributed by atoms with Crippen LogP contribution in [0.25, 0.3) is 0 Å². The first kappa shape index (κ1) is 10.6. The van der Waals surface area contributed by atoms with Crippen molar-refractivity contribution in [1.82, 2.24) is 4.98 Å². The van der Waals surface area contributed by atoms with Crippen molar-refractivity contribution in [3.63, 3.8) is 0 Å². The minimum Gasteiger partial charge on any atom is -0.338 e. The Bertz CT molecular complexity index is 468. The van der Waals surface area contributed by atoms with E-state index >= 15 is 0 Å². The number of nitrogens with zero attached hydrogens (tertiary/aromatic N) is 2. The fourth-order valence-electron chi connectivity index (χ4n) is 1.29. The Labute approximate surface area is 98.9 Å². The first-order chi connectivity index (χ1) is 7.90. The molecule has 0 atom stereocenters. The quantitative estimate of drug-likeness (QED) is 0.637. The van der Waals surface area contributed by atoms with Crippen LogP contribution in [-0.2, 0) is 0 Å². The average molecular weight is 232 g/mol. The second kappa shape index (κ2) is 5.28. The number of pyridine rings is 1. The summed E-state index contributed by atoms with van der Waals surface area (Å²) in [6, 6.07) is 15.3. The van der Waals surface area contributed by atoms with Gasteiger partial charge in [0.2, 0.25) is 0 Å². The van der Waals surface area contributed by atoms with Crippen LogP contribution in [0, 0.1) is 0 Å². The van der Waals surface area contributed by atoms with E-state index in [1.807, 2.05) is 48.5 Å². The van der Waals surface area contributed by atoms with Crippen LogP contribution in [0.3, 0.4) is 0 Å². The Morgan fingerprint density at radius 3 is 2.44 bits per heavy atom. The summed E-state index contributed by atoms with van der Waals surface area (Å²) in [5.41, 5.74) is 1.63. The Morgan fingerprint density at radius 1 is 1.06 bits per heavy atom. The number of halogens is 1. The summed E-state index contributed by atoms with van der Waals surface area (Å²) < 4.78 is 3.67. The third kappa shape index (κ3) is 2.58. The lowest BCUT2D eigenvalue weighted by atomic mass is 10.3. The third-order valence-electron chi connectivity index (χ3n) is 2.03. The molecule has 1 N–H and O–H groups in total. The molecule has 0 saturated carbocycles. The number of para-hydroxylation sites is 1. The molecule has 3 nitrogen and oxygen atoms in total. The zero-order chi connectivity index (χ0) is 11.2. The van der Waals surface area contributed by atoms with Crippen LogP contribution in [0.1, 0.15) is 5.69 Å². The van der Waals surface area contributed by atoms with Crippen molar-refractivity contribution in [1.29, 1.82) is 0 Å². The Morgan fingerprint density at radius 2 is 1.81 bits per heavy atom. The fraction of sp³-hybridized carbons (Fsp3) is 0. The summed E-state index contributed by atoms with van der Waals surface area (Å²) in [5, 5.41) is 3.10. The van der Waals surface area contributed by atoms with Crippen molar-refractivity contribution in [2.45, 2.75) is 0 Å². The van der Waals surface area contributed by atoms with Crippen LogP contribution in [-0.4, -0.2) is 10.8 Å². The van der Waals surface area contributed by atoms with Crippen LogP contribution in [0.2, 0.25) is 0 Å². The highest BCUT2D eigenvalue weighted by Gasteiger charge is 2.03. The van der Waals surface area contributed by atoms with Gasteiger partial charge in [-0.25, -0.2) is 0 Å². The van der Waals surface area contributed by atoms with Crippen LogP contribution in [0.5, 0.6) is 0 Å². The van der Waals surface area contributed by atoms with E-state index in [4.69, 9.17) is 11.8 Å². The number of benzene rings is 1. The lowest BCUT2D eigenvalue weighted by Crippen LogP contribution is -2.14. The van der Waals surface area contributed by atoms with Gasteiger partial charge in [0, 0.05) is 23.7 Å². The number of rotatable bonds is 2. The van der Waals surface area contributed by atoms with Gasteiger partial charge < -0.3 is 5.32 Å². The second-order valence-corrected chi connectivity index (χ2v) is 3.31. The Hall–Kier alpha value is -1.87. The lowest BCUT2D eigenvalue weighted by molar-refractivity contribution is 1.28. The monoisotopic (exact) mass is 231 g/mol. The molecule has 4 heteroatoms. The maximum absolute atomic E-state index is 5.54. The van der Waals surface area contributed by atoms with Gasteiger partial charge in [-0.2, -0.15) is 4.51 Å². The molecule has 0 aliphatic carbocycles. The van der Waals surface area contributed by atoms with Crippen LogP contribution < -0.4 is 5.32 Å². The molecule has 0 spiro atoms. The fourth-order valence-corrected chi connectivity index (χ4v) is 1.42. The molecule has 16 heavy (non-hydrogen) atoms. The molecule has 0 aliphatic heterocycles. The van der Waals surface area contributed by atoms with Crippen LogP contribution in [0.4, 0.5) is 5.69 Å². The first-order valence-corrected chi connectivity index (χ1v) is 5.16. The summed E-state index contributed by atoms with van der Waals surface area (Å²) in [6.45, 7) is 0. The Balaban J connectivity index is 2.20. The van der Waals surface area contributed by atoms with Crippen molar-refractivity contribution < 1.29 is 0 Å². The number of hydrogen-bond donors (Lipinski definition) is 1. The SMILES string of the molecule is Cl/N=C(\Nc1ccccc1)c1ccccn1. The number of aromatic nitrogens is 1. The summed E-state index contributed by atoms with van der Waals surface area (Å²) in [6.07, 6.45) is 1.70. The molecule has 1 heterocycles. The number of hydrogen-bond acceptors (Lipinski definition) is 2. The first-order valence-electron chi connectivity index (χ1n) is 4.82. The predicted octanol–water partition coefficient (Wildman–Crippen LogP) is 3.09. The summed E-state index contributed by atoms with van der Waals surface area (Å²) >= 11 is 5.54. The van der Waals surface area contributed by atoms with E-state index in [1.54, 1.807) is 6.20 Å². The summed E-state index contributed by atoms with van der Waals surface area (Å²) in [5.74, 6) is 0.536. The molecule has 0 saturated heterocycles. The van der Waals surface area contributed by atoms with Crippen molar-refractivity contribution >= 4 is 23.3 Å². The molecule has 0 amide bonds. The standard InChI is InChI=1S/C12H10ClN3/c13-16-12(11-8-4-5-9-14-11)15-10-6-2-1-3-7-10/h1-9H,(H,15,16). The van der Waals surface area contributed by atoms with Gasteiger partial charge >= 0.3 is 0 Å². The molecule has 1 aromatic carbocycles. The average Bonchev–Trinajstić information content (AvgIpc) is 2.38. The van der Waals surface area contributed by atoms with Crippen LogP contribution >= 0.6 is 11.8 Å². The number of anilines is 1. The number of amidine groups is 1. The van der Waals surface area contributed by atoms with Crippen LogP contribution in [0.15, 0.2) is 59.2 Å². The van der Waals surface area contributed by atoms with Gasteiger partial charge in [-0.15, -0.1) is 0 Å². The van der Waals surface area contributed by atoms with Crippen molar-refractivity contribution in [3.05, 3.63) is 60.4 Å². The minimum absolute atomic E-state index is 0.536. The van der Waals surface area contributed by atoms with Gasteiger partial charge in [-0.1, -0.05) is 24.3 Å². The van der Waals surface area contributed by atoms with E-state index in [1.165, 1.54) is 0 Å². The topological polar surface area (TPSA) is 37.3 Å². The highest BCUT2D eigenvalue weighted by Crippen LogP contribution is 2.08. The van der Waals surface area contributed by atoms with Gasteiger partial charge in [-0.05, 0) is 24.3 Å². The van der Waals surface area contributed by atoms with Gasteiger partial charge in [0.15, 0.2) is 5.84 Å². The minimum atomic E-state index is 0.536. The lowest BCUT2D eigenvalue weighted by Gasteiger charge is -2.07. The third-order valence-corrected chi connectivity index (χ3v) is 2.20. The largest absolute Gasteiger partial charge is 0.338 e. The maximum Gasteiger partial charge on any atom is 0.170 e. The molecule has 80 valence electrons. The van der Waals surface area contributed by atoms with E-state index in [0.717, 1.165) is 5.69 Å². The zero-order valence-electron chi connectivity index (χ0n) is 8.47. The number of nitrogens with one attached hydrogen (secondary N) is 1. The molecule has 0 unspecified atom stereocenters. The maximum atomic E-state index is 5.54. The van der Waals surface area contributed by atoms with E-state index in [0.29, 0.717) is 11.5 Å². The van der Waals surface area contributed by atoms with Crippen molar-refractivity contribution in [2.75, 3.05) is 5.32 Å². The normalized spacial score (nSPS) is 11.2. The van der Waals surface area contributed by atoms with E-state index in [9.17, 15) is 0 Å². The van der Waals surface area contributed by atoms with E-state index in [2.05, 4.69) is 14.8 Å². The highest BCUT2D eigenvalue weighted by molar-refractivity contribution is 6.24. The molecule has 0 aliphatic rings. The van der Waals surface area contributed by atoms with Gasteiger partial charge in [0.05, 0.1) is 0 Å². The smallest absolute Gasteiger partial charge is 0.170 e. The molecule has 0 radical (unpaired) electrons. The molecule has 2 aromatic rings. The molecule has 0 fully saturated rings. The molecule has 0 bridgehead atoms. The van der Waals surface area contributed by atoms with E-state index in [-0.39, 0.29) is 0 Å². The van der Waals surface area contributed by atoms with Crippen molar-refractivity contribution in [3.8, 4) is 0 Å². The summed E-state index contributed by atoms with van der Waals surface area (Å²) in [7, 11) is 0. The second-order valence-electron chi connectivity index (χ2n) is 3.14. The predicted molar refractivity (Wildman–Crippen MR) is 66.7 cm³/mol. The Kier molecular flexibility index (Phi) is 3.51. The highest BCUT2D eigenvalue weighted by atomic mass is 35.5. The van der Waals surface area contributed by atoms with Crippen molar-refractivity contribution in [2.24, 2.45) is 4.51 Å². The molecular weight excluding hydrogens is 222 g/mol.